The molecule has 2 heterocycles. The van der Waals surface area contributed by atoms with Gasteiger partial charge in [0.1, 0.15) is 4.90 Å². The van der Waals surface area contributed by atoms with Crippen LogP contribution in [-0.2, 0) is 10.0 Å². The van der Waals surface area contributed by atoms with E-state index in [0.717, 1.165) is 6.07 Å². The summed E-state index contributed by atoms with van der Waals surface area (Å²) < 4.78 is 31.5. The van der Waals surface area contributed by atoms with Crippen LogP contribution in [0.1, 0.15) is 17.5 Å². The van der Waals surface area contributed by atoms with E-state index in [1.807, 2.05) is 25.9 Å². The summed E-state index contributed by atoms with van der Waals surface area (Å²) in [6.07, 6.45) is 0. The van der Waals surface area contributed by atoms with Gasteiger partial charge >= 0.3 is 5.97 Å². The number of hydrogen-bond acceptors (Lipinski definition) is 5. The minimum absolute atomic E-state index is 0.0825. The quantitative estimate of drug-likeness (QED) is 0.846. The lowest BCUT2D eigenvalue weighted by atomic mass is 10.1. The number of carbonyl (C=O) groups is 1. The number of carboxylic acids is 1. The maximum atomic E-state index is 12.6. The van der Waals surface area contributed by atoms with Crippen molar-refractivity contribution in [1.82, 2.24) is 9.21 Å². The molecule has 2 rings (SSSR count). The monoisotopic (exact) mass is 380 g/mol. The lowest BCUT2D eigenvalue weighted by molar-refractivity contribution is 0.0661. The van der Waals surface area contributed by atoms with Crippen LogP contribution >= 0.6 is 15.9 Å². The molecule has 1 aliphatic heterocycles. The third-order valence-corrected chi connectivity index (χ3v) is 6.38. The third kappa shape index (κ3) is 3.01. The SMILES string of the molecule is CC1CN(S(=O)(=O)c2cc(C(=O)O)oc2Br)CC1N(C)C. The molecule has 0 spiro atoms. The fraction of sp³-hybridized carbons (Fsp3) is 0.583. The molecule has 0 saturated carbocycles. The molecule has 21 heavy (non-hydrogen) atoms. The first-order chi connectivity index (χ1) is 9.64. The number of rotatable bonds is 4. The van der Waals surface area contributed by atoms with E-state index in [-0.39, 0.29) is 21.5 Å². The van der Waals surface area contributed by atoms with Crippen molar-refractivity contribution in [2.45, 2.75) is 17.9 Å². The highest BCUT2D eigenvalue weighted by molar-refractivity contribution is 9.10. The van der Waals surface area contributed by atoms with Gasteiger partial charge in [-0.2, -0.15) is 4.31 Å². The molecule has 1 N–H and O–H groups in total. The Morgan fingerprint density at radius 3 is 2.52 bits per heavy atom. The zero-order chi connectivity index (χ0) is 15.9. The van der Waals surface area contributed by atoms with Crippen molar-refractivity contribution >= 4 is 31.9 Å². The zero-order valence-corrected chi connectivity index (χ0v) is 14.3. The van der Waals surface area contributed by atoms with Gasteiger partial charge in [-0.05, 0) is 35.9 Å². The van der Waals surface area contributed by atoms with Crippen LogP contribution in [0, 0.1) is 5.92 Å². The number of aromatic carboxylic acids is 1. The van der Waals surface area contributed by atoms with Crippen LogP contribution in [0.2, 0.25) is 0 Å². The molecule has 1 aromatic heterocycles. The number of furan rings is 1. The second-order valence-corrected chi connectivity index (χ2v) is 8.01. The Balaban J connectivity index is 2.33. The normalized spacial score (nSPS) is 23.9. The number of carboxylic acid groups (broad SMARTS) is 1. The lowest BCUT2D eigenvalue weighted by Crippen LogP contribution is -2.35. The molecule has 1 aliphatic rings. The molecule has 1 aromatic rings. The van der Waals surface area contributed by atoms with Crippen LogP contribution in [-0.4, -0.2) is 61.9 Å². The fourth-order valence-corrected chi connectivity index (χ4v) is 5.01. The van der Waals surface area contributed by atoms with E-state index in [9.17, 15) is 13.2 Å². The Kier molecular flexibility index (Phi) is 4.48. The molecule has 1 saturated heterocycles. The van der Waals surface area contributed by atoms with E-state index in [1.165, 1.54) is 4.31 Å². The summed E-state index contributed by atoms with van der Waals surface area (Å²) in [5, 5.41) is 8.88. The van der Waals surface area contributed by atoms with Crippen molar-refractivity contribution in [2.24, 2.45) is 5.92 Å². The number of nitrogens with zero attached hydrogens (tertiary/aromatic N) is 2. The van der Waals surface area contributed by atoms with E-state index in [2.05, 4.69) is 15.9 Å². The van der Waals surface area contributed by atoms with E-state index in [1.54, 1.807) is 0 Å². The average Bonchev–Trinajstić information content (AvgIpc) is 2.93. The highest BCUT2D eigenvalue weighted by Crippen LogP contribution is 2.32. The van der Waals surface area contributed by atoms with Crippen LogP contribution in [0.15, 0.2) is 20.0 Å². The predicted molar refractivity (Wildman–Crippen MR) is 78.8 cm³/mol. The van der Waals surface area contributed by atoms with Crippen molar-refractivity contribution in [3.63, 3.8) is 0 Å². The van der Waals surface area contributed by atoms with Gasteiger partial charge < -0.3 is 14.4 Å². The Labute approximate surface area is 131 Å². The zero-order valence-electron chi connectivity index (χ0n) is 11.9. The number of hydrogen-bond donors (Lipinski definition) is 1. The van der Waals surface area contributed by atoms with Crippen molar-refractivity contribution < 1.29 is 22.7 Å². The topological polar surface area (TPSA) is 91.1 Å². The predicted octanol–water partition coefficient (Wildman–Crippen LogP) is 1.31. The van der Waals surface area contributed by atoms with Crippen LogP contribution in [0.25, 0.3) is 0 Å². The summed E-state index contributed by atoms with van der Waals surface area (Å²) in [5.74, 6) is -1.52. The van der Waals surface area contributed by atoms with Crippen LogP contribution in [0.4, 0.5) is 0 Å². The van der Waals surface area contributed by atoms with Gasteiger partial charge in [0.05, 0.1) is 0 Å². The summed E-state index contributed by atoms with van der Waals surface area (Å²) >= 11 is 2.98. The Hall–Kier alpha value is -0.900. The fourth-order valence-electron chi connectivity index (χ4n) is 2.55. The molecule has 0 aliphatic carbocycles. The van der Waals surface area contributed by atoms with Gasteiger partial charge in [0, 0.05) is 25.2 Å². The van der Waals surface area contributed by atoms with Gasteiger partial charge in [0.2, 0.25) is 15.8 Å². The van der Waals surface area contributed by atoms with Gasteiger partial charge in [-0.1, -0.05) is 6.92 Å². The molecular weight excluding hydrogens is 364 g/mol. The number of halogens is 1. The van der Waals surface area contributed by atoms with Gasteiger partial charge in [0.25, 0.3) is 0 Å². The van der Waals surface area contributed by atoms with Crippen molar-refractivity contribution in [3.05, 3.63) is 16.5 Å². The Morgan fingerprint density at radius 1 is 1.48 bits per heavy atom. The highest BCUT2D eigenvalue weighted by atomic mass is 79.9. The van der Waals surface area contributed by atoms with Crippen molar-refractivity contribution in [3.8, 4) is 0 Å². The average molecular weight is 381 g/mol. The lowest BCUT2D eigenvalue weighted by Gasteiger charge is -2.22. The number of sulfonamides is 1. The third-order valence-electron chi connectivity index (χ3n) is 3.69. The minimum atomic E-state index is -3.78. The molecule has 118 valence electrons. The second-order valence-electron chi connectivity index (χ2n) is 5.38. The first kappa shape index (κ1) is 16.5. The summed E-state index contributed by atoms with van der Waals surface area (Å²) in [4.78, 5) is 12.7. The molecule has 0 radical (unpaired) electrons. The first-order valence-corrected chi connectivity index (χ1v) is 8.57. The van der Waals surface area contributed by atoms with Crippen LogP contribution in [0.3, 0.4) is 0 Å². The maximum Gasteiger partial charge on any atom is 0.371 e. The Bertz CT molecular complexity index is 655. The highest BCUT2D eigenvalue weighted by Gasteiger charge is 2.40. The van der Waals surface area contributed by atoms with Crippen LogP contribution < -0.4 is 0 Å². The van der Waals surface area contributed by atoms with E-state index >= 15 is 0 Å². The largest absolute Gasteiger partial charge is 0.475 e. The molecule has 1 fully saturated rings. The summed E-state index contributed by atoms with van der Waals surface area (Å²) in [7, 11) is 0.0419. The van der Waals surface area contributed by atoms with Gasteiger partial charge in [-0.3, -0.25) is 0 Å². The molecule has 7 nitrogen and oxygen atoms in total. The summed E-state index contributed by atoms with van der Waals surface area (Å²) in [6.45, 7) is 2.76. The molecule has 9 heteroatoms. The van der Waals surface area contributed by atoms with Gasteiger partial charge in [-0.25, -0.2) is 13.2 Å². The number of likely N-dealkylation sites (N-methyl/N-ethyl adjacent to an activating group) is 1. The molecule has 2 atom stereocenters. The van der Waals surface area contributed by atoms with Crippen molar-refractivity contribution in [1.29, 1.82) is 0 Å². The van der Waals surface area contributed by atoms with Crippen molar-refractivity contribution in [2.75, 3.05) is 27.2 Å². The standard InChI is InChI=1S/C12H17BrN2O5S/c1-7-5-15(6-8(7)14(2)3)21(18,19)10-4-9(12(16)17)20-11(10)13/h4,7-8H,5-6H2,1-3H3,(H,16,17). The summed E-state index contributed by atoms with van der Waals surface area (Å²) in [5.41, 5.74) is 0. The smallest absolute Gasteiger partial charge is 0.371 e. The first-order valence-electron chi connectivity index (χ1n) is 6.33. The molecular formula is C12H17BrN2O5S. The Morgan fingerprint density at radius 2 is 2.10 bits per heavy atom. The molecule has 0 bridgehead atoms. The maximum absolute atomic E-state index is 12.6. The van der Waals surface area contributed by atoms with E-state index in [0.29, 0.717) is 13.1 Å². The minimum Gasteiger partial charge on any atom is -0.475 e. The van der Waals surface area contributed by atoms with E-state index in [4.69, 9.17) is 9.52 Å². The van der Waals surface area contributed by atoms with Gasteiger partial charge in [-0.15, -0.1) is 0 Å². The van der Waals surface area contributed by atoms with Gasteiger partial charge in [0.15, 0.2) is 4.67 Å². The van der Waals surface area contributed by atoms with Crippen LogP contribution in [0.5, 0.6) is 0 Å². The molecule has 0 amide bonds. The van der Waals surface area contributed by atoms with E-state index < -0.39 is 21.8 Å². The molecule has 0 aromatic carbocycles. The molecule has 2 unspecified atom stereocenters. The summed E-state index contributed by atoms with van der Waals surface area (Å²) in [6, 6.07) is 1.17. The second kappa shape index (κ2) is 5.71.